The number of aromatic amines is 1. The quantitative estimate of drug-likeness (QED) is 0.348. The van der Waals surface area contributed by atoms with Gasteiger partial charge in [-0.3, -0.25) is 23.9 Å². The van der Waals surface area contributed by atoms with Crippen molar-refractivity contribution >= 4 is 33.6 Å². The predicted molar refractivity (Wildman–Crippen MR) is 103 cm³/mol. The molecule has 12 nitrogen and oxygen atoms in total. The van der Waals surface area contributed by atoms with Crippen LogP contribution in [0.25, 0.3) is 10.3 Å². The number of anilines is 1. The number of ether oxygens (including phenoxy) is 2. The molecule has 0 bridgehead atoms. The molecule has 2 aromatic rings. The molecule has 160 valence electrons. The highest BCUT2D eigenvalue weighted by atomic mass is 32.1. The van der Waals surface area contributed by atoms with Crippen molar-refractivity contribution in [3.8, 4) is 0 Å². The molecule has 1 fully saturated rings. The van der Waals surface area contributed by atoms with E-state index in [-0.39, 0.29) is 22.9 Å². The number of aliphatic hydroxyl groups is 2. The molecule has 3 heterocycles. The van der Waals surface area contributed by atoms with Crippen molar-refractivity contribution in [2.24, 2.45) is 11.1 Å². The molecule has 0 aliphatic carbocycles. The van der Waals surface area contributed by atoms with Crippen LogP contribution in [0, 0.1) is 5.41 Å². The molecule has 13 heteroatoms. The van der Waals surface area contributed by atoms with Crippen LogP contribution in [0.15, 0.2) is 9.59 Å². The number of thiazole rings is 1. The summed E-state index contributed by atoms with van der Waals surface area (Å²) < 4.78 is 11.6. The summed E-state index contributed by atoms with van der Waals surface area (Å²) in [5.74, 6) is -0.908. The zero-order valence-corrected chi connectivity index (χ0v) is 16.8. The number of nitrogens with one attached hydrogen (secondary N) is 1. The number of nitrogens with zero attached hydrogens (tertiary/aromatic N) is 2. The van der Waals surface area contributed by atoms with Crippen LogP contribution in [0.5, 0.6) is 0 Å². The molecular weight excluding hydrogens is 406 g/mol. The molecule has 0 spiro atoms. The molecule has 1 aliphatic rings. The Morgan fingerprint density at radius 3 is 2.66 bits per heavy atom. The number of nitrogen functional groups attached to an aromatic ring is 1. The summed E-state index contributed by atoms with van der Waals surface area (Å²) in [5.41, 5.74) is 10.1. The maximum atomic E-state index is 12.4. The van der Waals surface area contributed by atoms with E-state index < -0.39 is 52.4 Å². The number of esters is 1. The van der Waals surface area contributed by atoms with E-state index >= 15 is 0 Å². The minimum atomic E-state index is -1.53. The normalized spacial score (nSPS) is 26.0. The highest BCUT2D eigenvalue weighted by Crippen LogP contribution is 2.31. The van der Waals surface area contributed by atoms with Crippen molar-refractivity contribution in [2.45, 2.75) is 51.4 Å². The number of aromatic nitrogens is 3. The second-order valence-corrected chi connectivity index (χ2v) is 8.82. The Hall–Kier alpha value is -2.32. The molecule has 0 aromatic carbocycles. The Morgan fingerprint density at radius 2 is 2.03 bits per heavy atom. The van der Waals surface area contributed by atoms with Gasteiger partial charge in [0.15, 0.2) is 11.9 Å². The van der Waals surface area contributed by atoms with Gasteiger partial charge in [-0.25, -0.2) is 0 Å². The van der Waals surface area contributed by atoms with E-state index in [0.29, 0.717) is 11.3 Å². The first-order valence-electron chi connectivity index (χ1n) is 8.76. The van der Waals surface area contributed by atoms with Crippen molar-refractivity contribution in [1.29, 1.82) is 0 Å². The molecule has 5 atom stereocenters. The Bertz CT molecular complexity index is 1040. The third-order valence-corrected chi connectivity index (χ3v) is 5.60. The first kappa shape index (κ1) is 21.4. The summed E-state index contributed by atoms with van der Waals surface area (Å²) in [4.78, 5) is 42.0. The van der Waals surface area contributed by atoms with E-state index in [9.17, 15) is 24.6 Å². The lowest BCUT2D eigenvalue weighted by Crippen LogP contribution is -2.44. The number of nitrogens with two attached hydrogens (primary N) is 2. The van der Waals surface area contributed by atoms with Gasteiger partial charge in [-0.2, -0.15) is 4.98 Å². The first-order chi connectivity index (χ1) is 13.4. The number of hydrogen-bond donors (Lipinski definition) is 5. The molecule has 2 aromatic heterocycles. The Kier molecular flexibility index (Phi) is 5.53. The summed E-state index contributed by atoms with van der Waals surface area (Å²) in [5, 5.41) is 20.7. The smallest absolute Gasteiger partial charge is 0.323 e. The molecule has 7 N–H and O–H groups in total. The fourth-order valence-electron chi connectivity index (χ4n) is 2.86. The summed E-state index contributed by atoms with van der Waals surface area (Å²) in [6.07, 6.45) is -5.46. The van der Waals surface area contributed by atoms with E-state index in [1.54, 1.807) is 20.8 Å². The van der Waals surface area contributed by atoms with Crippen molar-refractivity contribution < 1.29 is 24.5 Å². The second-order valence-electron chi connectivity index (χ2n) is 7.86. The Balaban J connectivity index is 1.83. The predicted octanol–water partition coefficient (Wildman–Crippen LogP) is -1.74. The second kappa shape index (κ2) is 7.50. The Morgan fingerprint density at radius 1 is 1.38 bits per heavy atom. The van der Waals surface area contributed by atoms with Gasteiger partial charge in [0, 0.05) is 0 Å². The summed E-state index contributed by atoms with van der Waals surface area (Å²) in [7, 11) is 0. The number of carbonyl (C=O) groups is 1. The summed E-state index contributed by atoms with van der Waals surface area (Å²) >= 11 is 0.601. The molecule has 1 aliphatic heterocycles. The third-order valence-electron chi connectivity index (χ3n) is 4.66. The van der Waals surface area contributed by atoms with Gasteiger partial charge >= 0.3 is 10.8 Å². The van der Waals surface area contributed by atoms with Gasteiger partial charge in [0.1, 0.15) is 35.7 Å². The van der Waals surface area contributed by atoms with Crippen LogP contribution >= 0.6 is 11.3 Å². The van der Waals surface area contributed by atoms with Crippen LogP contribution in [-0.4, -0.2) is 61.7 Å². The van der Waals surface area contributed by atoms with Crippen LogP contribution < -0.4 is 21.9 Å². The lowest BCUT2D eigenvalue weighted by Gasteiger charge is -2.25. The topological polar surface area (TPSA) is 196 Å². The lowest BCUT2D eigenvalue weighted by molar-refractivity contribution is -0.154. The van der Waals surface area contributed by atoms with Crippen molar-refractivity contribution in [3.05, 3.63) is 20.0 Å². The van der Waals surface area contributed by atoms with Gasteiger partial charge in [-0.1, -0.05) is 32.1 Å². The SMILES string of the molecule is CC(C)(C)C(N)C(=O)OCC1OC(n2c(=O)sc3c(=O)[nH]c(N)nc32)C(O)C1O. The summed E-state index contributed by atoms with van der Waals surface area (Å²) in [6.45, 7) is 4.93. The zero-order chi connectivity index (χ0) is 21.7. The molecule has 0 radical (unpaired) electrons. The monoisotopic (exact) mass is 429 g/mol. The van der Waals surface area contributed by atoms with Crippen molar-refractivity contribution in [1.82, 2.24) is 14.5 Å². The van der Waals surface area contributed by atoms with E-state index in [1.807, 2.05) is 0 Å². The van der Waals surface area contributed by atoms with Gasteiger partial charge in [-0.05, 0) is 5.41 Å². The first-order valence-corrected chi connectivity index (χ1v) is 9.58. The molecule has 3 rings (SSSR count). The molecule has 1 saturated heterocycles. The van der Waals surface area contributed by atoms with Crippen LogP contribution in [0.3, 0.4) is 0 Å². The van der Waals surface area contributed by atoms with Gasteiger partial charge < -0.3 is 31.2 Å². The average Bonchev–Trinajstić information content (AvgIpc) is 3.08. The van der Waals surface area contributed by atoms with Gasteiger partial charge in [0.25, 0.3) is 5.56 Å². The fourth-order valence-corrected chi connectivity index (χ4v) is 3.70. The highest BCUT2D eigenvalue weighted by molar-refractivity contribution is 7.16. The molecule has 0 amide bonds. The zero-order valence-electron chi connectivity index (χ0n) is 16.0. The molecule has 29 heavy (non-hydrogen) atoms. The fraction of sp³-hybridized carbons (Fsp3) is 0.625. The van der Waals surface area contributed by atoms with Gasteiger partial charge in [0.2, 0.25) is 5.95 Å². The average molecular weight is 429 g/mol. The number of aliphatic hydroxyl groups excluding tert-OH is 2. The maximum absolute atomic E-state index is 12.4. The largest absolute Gasteiger partial charge is 0.462 e. The standard InChI is InChI=1S/C16H23N5O7S/c1-16(2,3)9(17)13(25)27-4-5-6(22)7(23)12(28-5)21-10-8(29-15(21)26)11(24)20-14(18)19-10/h5-7,9,12,22-23H,4,17H2,1-3H3,(H3,18,19,20,24). The minimum absolute atomic E-state index is 0.000480. The maximum Gasteiger partial charge on any atom is 0.323 e. The molecule has 0 saturated carbocycles. The third kappa shape index (κ3) is 3.91. The number of hydrogen-bond acceptors (Lipinski definition) is 11. The van der Waals surface area contributed by atoms with Crippen LogP contribution in [0.2, 0.25) is 0 Å². The van der Waals surface area contributed by atoms with E-state index in [0.717, 1.165) is 4.57 Å². The molecule has 5 unspecified atom stereocenters. The number of rotatable bonds is 4. The van der Waals surface area contributed by atoms with E-state index in [1.165, 1.54) is 0 Å². The Labute approximate surface area is 168 Å². The van der Waals surface area contributed by atoms with E-state index in [4.69, 9.17) is 20.9 Å². The lowest BCUT2D eigenvalue weighted by atomic mass is 9.87. The van der Waals surface area contributed by atoms with Crippen LogP contribution in [-0.2, 0) is 14.3 Å². The number of fused-ring (bicyclic) bond motifs is 1. The van der Waals surface area contributed by atoms with Gasteiger partial charge in [0.05, 0.1) is 0 Å². The van der Waals surface area contributed by atoms with Crippen molar-refractivity contribution in [2.75, 3.05) is 12.3 Å². The highest BCUT2D eigenvalue weighted by Gasteiger charge is 2.46. The molecular formula is C16H23N5O7S. The number of H-pyrrole nitrogens is 1. The van der Waals surface area contributed by atoms with Crippen LogP contribution in [0.4, 0.5) is 5.95 Å². The number of carbonyl (C=O) groups excluding carboxylic acids is 1. The summed E-state index contributed by atoms with van der Waals surface area (Å²) in [6, 6.07) is -0.899. The minimum Gasteiger partial charge on any atom is -0.462 e. The van der Waals surface area contributed by atoms with Crippen molar-refractivity contribution in [3.63, 3.8) is 0 Å². The van der Waals surface area contributed by atoms with Crippen LogP contribution in [0.1, 0.15) is 27.0 Å². The van der Waals surface area contributed by atoms with Gasteiger partial charge in [-0.15, -0.1) is 0 Å². The van der Waals surface area contributed by atoms with E-state index in [2.05, 4.69) is 9.97 Å².